The average molecular weight is 371 g/mol. The second kappa shape index (κ2) is 7.44. The van der Waals surface area contributed by atoms with Crippen LogP contribution in [0.2, 0.25) is 0 Å². The number of ketones is 1. The molecule has 0 saturated carbocycles. The van der Waals surface area contributed by atoms with Crippen LogP contribution in [-0.4, -0.2) is 31.8 Å². The number of carbonyl (C=O) groups excluding carboxylic acids is 2. The van der Waals surface area contributed by atoms with Gasteiger partial charge in [-0.3, -0.25) is 9.59 Å². The van der Waals surface area contributed by atoms with E-state index < -0.39 is 5.25 Å². The van der Waals surface area contributed by atoms with E-state index in [1.807, 2.05) is 0 Å². The van der Waals surface area contributed by atoms with Crippen molar-refractivity contribution < 1.29 is 14.0 Å². The number of nitrogens with two attached hydrogens (primary N) is 1. The summed E-state index contributed by atoms with van der Waals surface area (Å²) in [4.78, 5) is 23.7. The summed E-state index contributed by atoms with van der Waals surface area (Å²) in [5.74, 6) is 6.62. The normalized spacial score (nSPS) is 11.9. The quantitative estimate of drug-likeness (QED) is 0.388. The van der Waals surface area contributed by atoms with Crippen molar-refractivity contribution in [3.63, 3.8) is 0 Å². The predicted octanol–water partition coefficient (Wildman–Crippen LogP) is 2.57. The SMILES string of the molecule is CC(=O)c1ccc(NC(=O)[C@@H](C)Sc2nnc(-c3ccco3)n2N)cc1. The molecule has 0 aliphatic rings. The molecule has 0 saturated heterocycles. The first-order valence-electron chi connectivity index (χ1n) is 7.78. The van der Waals surface area contributed by atoms with E-state index in [2.05, 4.69) is 15.5 Å². The van der Waals surface area contributed by atoms with Gasteiger partial charge in [0.25, 0.3) is 0 Å². The lowest BCUT2D eigenvalue weighted by Gasteiger charge is -2.11. The molecule has 26 heavy (non-hydrogen) atoms. The minimum atomic E-state index is -0.460. The Labute approximate surface area is 153 Å². The van der Waals surface area contributed by atoms with Crippen LogP contribution in [0, 0.1) is 0 Å². The maximum Gasteiger partial charge on any atom is 0.237 e. The van der Waals surface area contributed by atoms with Gasteiger partial charge < -0.3 is 15.6 Å². The fraction of sp³-hybridized carbons (Fsp3) is 0.176. The summed E-state index contributed by atoms with van der Waals surface area (Å²) in [6.45, 7) is 3.23. The maximum atomic E-state index is 12.4. The van der Waals surface area contributed by atoms with E-state index in [4.69, 9.17) is 10.3 Å². The number of hydrogen-bond acceptors (Lipinski definition) is 7. The first kappa shape index (κ1) is 17.7. The molecular weight excluding hydrogens is 354 g/mol. The highest BCUT2D eigenvalue weighted by Gasteiger charge is 2.21. The van der Waals surface area contributed by atoms with Crippen LogP contribution in [0.3, 0.4) is 0 Å². The van der Waals surface area contributed by atoms with Crippen molar-refractivity contribution >= 4 is 29.1 Å². The lowest BCUT2D eigenvalue weighted by molar-refractivity contribution is -0.115. The van der Waals surface area contributed by atoms with E-state index in [-0.39, 0.29) is 11.7 Å². The second-order valence-electron chi connectivity index (χ2n) is 5.54. The number of thioether (sulfide) groups is 1. The van der Waals surface area contributed by atoms with Crippen molar-refractivity contribution in [2.45, 2.75) is 24.3 Å². The van der Waals surface area contributed by atoms with Gasteiger partial charge in [-0.2, -0.15) is 0 Å². The van der Waals surface area contributed by atoms with Gasteiger partial charge in [0.1, 0.15) is 0 Å². The number of hydrogen-bond donors (Lipinski definition) is 2. The number of furan rings is 1. The molecular formula is C17H17N5O3S. The third kappa shape index (κ3) is 3.77. The first-order valence-corrected chi connectivity index (χ1v) is 8.66. The average Bonchev–Trinajstić information content (AvgIpc) is 3.26. The standard InChI is InChI=1S/C17H17N5O3S/c1-10(23)12-5-7-13(8-6-12)19-16(24)11(2)26-17-21-20-15(22(17)18)14-4-3-9-25-14/h3-9,11H,18H2,1-2H3,(H,19,24)/t11-/m1/s1. The van der Waals surface area contributed by atoms with Gasteiger partial charge in [-0.25, -0.2) is 4.68 Å². The molecule has 9 heteroatoms. The molecule has 0 bridgehead atoms. The van der Waals surface area contributed by atoms with E-state index in [1.54, 1.807) is 43.3 Å². The molecule has 3 N–H and O–H groups in total. The molecule has 134 valence electrons. The molecule has 8 nitrogen and oxygen atoms in total. The Morgan fingerprint density at radius 3 is 2.58 bits per heavy atom. The highest BCUT2D eigenvalue weighted by atomic mass is 32.2. The van der Waals surface area contributed by atoms with E-state index in [1.165, 1.54) is 29.6 Å². The predicted molar refractivity (Wildman–Crippen MR) is 98.3 cm³/mol. The van der Waals surface area contributed by atoms with Gasteiger partial charge in [-0.1, -0.05) is 11.8 Å². The second-order valence-corrected chi connectivity index (χ2v) is 6.84. The molecule has 1 atom stereocenters. The van der Waals surface area contributed by atoms with Gasteiger partial charge in [0.05, 0.1) is 11.5 Å². The minimum absolute atomic E-state index is 0.0264. The highest BCUT2D eigenvalue weighted by molar-refractivity contribution is 8.00. The summed E-state index contributed by atoms with van der Waals surface area (Å²) in [5, 5.41) is 10.7. The van der Waals surface area contributed by atoms with Crippen LogP contribution in [-0.2, 0) is 4.79 Å². The first-order chi connectivity index (χ1) is 12.5. The van der Waals surface area contributed by atoms with Gasteiger partial charge in [-0.05, 0) is 50.2 Å². The zero-order valence-corrected chi connectivity index (χ0v) is 15.0. The number of aromatic nitrogens is 3. The summed E-state index contributed by atoms with van der Waals surface area (Å²) >= 11 is 1.18. The summed E-state index contributed by atoms with van der Waals surface area (Å²) in [5.41, 5.74) is 1.20. The highest BCUT2D eigenvalue weighted by Crippen LogP contribution is 2.25. The number of nitrogens with one attached hydrogen (secondary N) is 1. The van der Waals surface area contributed by atoms with E-state index in [0.717, 1.165) is 0 Å². The van der Waals surface area contributed by atoms with Gasteiger partial charge in [0.2, 0.25) is 16.9 Å². The van der Waals surface area contributed by atoms with E-state index >= 15 is 0 Å². The van der Waals surface area contributed by atoms with Crippen LogP contribution >= 0.6 is 11.8 Å². The zero-order chi connectivity index (χ0) is 18.7. The molecule has 0 radical (unpaired) electrons. The number of nitrogens with zero attached hydrogens (tertiary/aromatic N) is 3. The summed E-state index contributed by atoms with van der Waals surface area (Å²) in [6, 6.07) is 10.2. The van der Waals surface area contributed by atoms with Crippen LogP contribution < -0.4 is 11.2 Å². The number of carbonyl (C=O) groups is 2. The lowest BCUT2D eigenvalue weighted by atomic mass is 10.1. The summed E-state index contributed by atoms with van der Waals surface area (Å²) < 4.78 is 6.54. The molecule has 3 rings (SSSR count). The monoisotopic (exact) mass is 371 g/mol. The van der Waals surface area contributed by atoms with Crippen LogP contribution in [0.5, 0.6) is 0 Å². The number of anilines is 1. The molecule has 1 aromatic carbocycles. The third-order valence-electron chi connectivity index (χ3n) is 3.62. The largest absolute Gasteiger partial charge is 0.461 e. The number of amides is 1. The lowest BCUT2D eigenvalue weighted by Crippen LogP contribution is -2.23. The molecule has 0 fully saturated rings. The topological polar surface area (TPSA) is 116 Å². The molecule has 0 aliphatic heterocycles. The van der Waals surface area contributed by atoms with Gasteiger partial charge in [-0.15, -0.1) is 10.2 Å². The smallest absolute Gasteiger partial charge is 0.237 e. The number of nitrogen functional groups attached to an aromatic ring is 1. The van der Waals surface area contributed by atoms with Gasteiger partial charge in [0, 0.05) is 11.3 Å². The maximum absolute atomic E-state index is 12.4. The summed E-state index contributed by atoms with van der Waals surface area (Å²) in [7, 11) is 0. The van der Waals surface area contributed by atoms with Crippen molar-refractivity contribution in [3.05, 3.63) is 48.2 Å². The fourth-order valence-electron chi connectivity index (χ4n) is 2.18. The van der Waals surface area contributed by atoms with Gasteiger partial charge >= 0.3 is 0 Å². The molecule has 0 unspecified atom stereocenters. The van der Waals surface area contributed by atoms with Crippen LogP contribution in [0.15, 0.2) is 52.2 Å². The molecule has 3 aromatic rings. The Balaban J connectivity index is 1.65. The van der Waals surface area contributed by atoms with Crippen molar-refractivity contribution in [1.29, 1.82) is 0 Å². The van der Waals surface area contributed by atoms with Crippen LogP contribution in [0.1, 0.15) is 24.2 Å². The Bertz CT molecular complexity index is 919. The number of rotatable bonds is 6. The van der Waals surface area contributed by atoms with Crippen LogP contribution in [0.4, 0.5) is 5.69 Å². The Kier molecular flexibility index (Phi) is 5.08. The van der Waals surface area contributed by atoms with Crippen LogP contribution in [0.25, 0.3) is 11.6 Å². The molecule has 0 aliphatic carbocycles. The zero-order valence-electron chi connectivity index (χ0n) is 14.2. The Morgan fingerprint density at radius 2 is 1.96 bits per heavy atom. The fourth-order valence-corrected chi connectivity index (χ4v) is 2.95. The molecule has 1 amide bonds. The van der Waals surface area contributed by atoms with Crippen molar-refractivity contribution in [2.75, 3.05) is 11.2 Å². The number of Topliss-reactive ketones (excluding diaryl/α,β-unsaturated/α-hetero) is 1. The molecule has 0 spiro atoms. The third-order valence-corrected chi connectivity index (χ3v) is 4.67. The molecule has 2 aromatic heterocycles. The Hall–Kier alpha value is -3.07. The van der Waals surface area contributed by atoms with E-state index in [0.29, 0.717) is 28.0 Å². The minimum Gasteiger partial charge on any atom is -0.461 e. The molecule has 2 heterocycles. The van der Waals surface area contributed by atoms with E-state index in [9.17, 15) is 9.59 Å². The van der Waals surface area contributed by atoms with Crippen molar-refractivity contribution in [2.24, 2.45) is 0 Å². The van der Waals surface area contributed by atoms with Gasteiger partial charge in [0.15, 0.2) is 11.5 Å². The van der Waals surface area contributed by atoms with Crippen molar-refractivity contribution in [3.8, 4) is 11.6 Å². The Morgan fingerprint density at radius 1 is 1.23 bits per heavy atom. The number of benzene rings is 1. The van der Waals surface area contributed by atoms with Crippen molar-refractivity contribution in [1.82, 2.24) is 14.9 Å². The summed E-state index contributed by atoms with van der Waals surface area (Å²) in [6.07, 6.45) is 1.52.